The smallest absolute Gasteiger partial charge is 0.0574 e. The average Bonchev–Trinajstić information content (AvgIpc) is 2.90. The second kappa shape index (κ2) is 7.76. The predicted octanol–water partition coefficient (Wildman–Crippen LogP) is 2.67. The number of aromatic nitrogens is 1. The Morgan fingerprint density at radius 1 is 1.43 bits per heavy atom. The summed E-state index contributed by atoms with van der Waals surface area (Å²) < 4.78 is 0. The van der Waals surface area contributed by atoms with Crippen LogP contribution in [0.5, 0.6) is 0 Å². The molecule has 0 saturated carbocycles. The van der Waals surface area contributed by atoms with Gasteiger partial charge in [0.1, 0.15) is 0 Å². The van der Waals surface area contributed by atoms with E-state index in [9.17, 15) is 0 Å². The van der Waals surface area contributed by atoms with Crippen molar-refractivity contribution in [1.82, 2.24) is 15.2 Å². The Morgan fingerprint density at radius 3 is 2.76 bits per heavy atom. The Morgan fingerprint density at radius 2 is 2.24 bits per heavy atom. The number of pyridine rings is 1. The molecule has 0 aromatic carbocycles. The summed E-state index contributed by atoms with van der Waals surface area (Å²) in [5.74, 6) is 0. The number of nitrogens with zero attached hydrogens (tertiary/aromatic N) is 3. The Bertz CT molecular complexity index is 417. The second-order valence-corrected chi connectivity index (χ2v) is 6.12. The maximum absolute atomic E-state index is 4.67. The zero-order valence-corrected chi connectivity index (χ0v) is 14.0. The van der Waals surface area contributed by atoms with Gasteiger partial charge in [-0.15, -0.1) is 0 Å². The molecule has 0 amide bonds. The van der Waals surface area contributed by atoms with Crippen LogP contribution < -0.4 is 10.2 Å². The fourth-order valence-electron chi connectivity index (χ4n) is 3.17. The summed E-state index contributed by atoms with van der Waals surface area (Å²) in [6, 6.07) is 5.42. The first-order chi connectivity index (χ1) is 10.2. The minimum absolute atomic E-state index is 0.371. The second-order valence-electron chi connectivity index (χ2n) is 6.12. The van der Waals surface area contributed by atoms with Crippen LogP contribution in [0.25, 0.3) is 0 Å². The summed E-state index contributed by atoms with van der Waals surface area (Å²) in [5.41, 5.74) is 2.36. The zero-order valence-electron chi connectivity index (χ0n) is 14.0. The lowest BCUT2D eigenvalue weighted by molar-refractivity contribution is 0.314. The van der Waals surface area contributed by atoms with Crippen molar-refractivity contribution in [3.05, 3.63) is 24.0 Å². The van der Waals surface area contributed by atoms with E-state index in [1.807, 2.05) is 6.20 Å². The lowest BCUT2D eigenvalue weighted by Gasteiger charge is -2.27. The van der Waals surface area contributed by atoms with Gasteiger partial charge in [0, 0.05) is 25.7 Å². The highest BCUT2D eigenvalue weighted by molar-refractivity contribution is 5.44. The van der Waals surface area contributed by atoms with Crippen molar-refractivity contribution >= 4 is 5.69 Å². The van der Waals surface area contributed by atoms with E-state index in [4.69, 9.17) is 0 Å². The SMILES string of the molecule is CCNC(CC)c1ccc(N(C)CC2CCCN2C)cn1. The molecule has 1 aromatic rings. The third-order valence-electron chi connectivity index (χ3n) is 4.58. The summed E-state index contributed by atoms with van der Waals surface area (Å²) in [5, 5.41) is 3.48. The van der Waals surface area contributed by atoms with E-state index in [2.05, 4.69) is 60.2 Å². The summed E-state index contributed by atoms with van der Waals surface area (Å²) in [4.78, 5) is 9.47. The molecule has 2 atom stereocenters. The molecule has 0 radical (unpaired) electrons. The Kier molecular flexibility index (Phi) is 6.00. The first-order valence-electron chi connectivity index (χ1n) is 8.26. The Labute approximate surface area is 129 Å². The number of anilines is 1. The third-order valence-corrected chi connectivity index (χ3v) is 4.58. The molecule has 4 nitrogen and oxygen atoms in total. The maximum Gasteiger partial charge on any atom is 0.0574 e. The molecule has 2 rings (SSSR count). The fraction of sp³-hybridized carbons (Fsp3) is 0.706. The van der Waals surface area contributed by atoms with Gasteiger partial charge in [0.15, 0.2) is 0 Å². The quantitative estimate of drug-likeness (QED) is 0.836. The molecule has 0 bridgehead atoms. The minimum Gasteiger partial charge on any atom is -0.372 e. The van der Waals surface area contributed by atoms with E-state index in [1.54, 1.807) is 0 Å². The third kappa shape index (κ3) is 4.17. The van der Waals surface area contributed by atoms with Crippen LogP contribution in [0.15, 0.2) is 18.3 Å². The number of hydrogen-bond acceptors (Lipinski definition) is 4. The summed E-state index contributed by atoms with van der Waals surface area (Å²) in [7, 11) is 4.40. The van der Waals surface area contributed by atoms with Gasteiger partial charge in [0.05, 0.1) is 17.6 Å². The molecule has 4 heteroatoms. The van der Waals surface area contributed by atoms with Gasteiger partial charge in [-0.25, -0.2) is 0 Å². The van der Waals surface area contributed by atoms with Crippen molar-refractivity contribution in [2.75, 3.05) is 38.6 Å². The maximum atomic E-state index is 4.67. The molecule has 1 aromatic heterocycles. The predicted molar refractivity (Wildman–Crippen MR) is 89.9 cm³/mol. The molecule has 118 valence electrons. The first-order valence-corrected chi connectivity index (χ1v) is 8.26. The van der Waals surface area contributed by atoms with Crippen molar-refractivity contribution in [3.8, 4) is 0 Å². The first kappa shape index (κ1) is 16.2. The van der Waals surface area contributed by atoms with Crippen LogP contribution in [-0.2, 0) is 0 Å². The molecule has 1 N–H and O–H groups in total. The monoisotopic (exact) mass is 290 g/mol. The molecular formula is C17H30N4. The summed E-state index contributed by atoms with van der Waals surface area (Å²) in [6.45, 7) is 7.64. The van der Waals surface area contributed by atoms with Crippen LogP contribution in [0.1, 0.15) is 44.8 Å². The molecule has 2 heterocycles. The molecule has 1 fully saturated rings. The number of likely N-dealkylation sites (tertiary alicyclic amines) is 1. The lowest BCUT2D eigenvalue weighted by Crippen LogP contribution is -2.36. The highest BCUT2D eigenvalue weighted by atomic mass is 15.2. The van der Waals surface area contributed by atoms with Gasteiger partial charge < -0.3 is 15.1 Å². The molecule has 1 aliphatic heterocycles. The van der Waals surface area contributed by atoms with Gasteiger partial charge in [-0.3, -0.25) is 4.98 Å². The van der Waals surface area contributed by atoms with E-state index in [1.165, 1.54) is 25.1 Å². The topological polar surface area (TPSA) is 31.4 Å². The van der Waals surface area contributed by atoms with Crippen LogP contribution >= 0.6 is 0 Å². The Balaban J connectivity index is 1.97. The number of hydrogen-bond donors (Lipinski definition) is 1. The van der Waals surface area contributed by atoms with E-state index in [0.717, 1.165) is 25.2 Å². The van der Waals surface area contributed by atoms with E-state index in [-0.39, 0.29) is 0 Å². The van der Waals surface area contributed by atoms with Crippen LogP contribution in [0.2, 0.25) is 0 Å². The highest BCUT2D eigenvalue weighted by Gasteiger charge is 2.22. The summed E-state index contributed by atoms with van der Waals surface area (Å²) >= 11 is 0. The average molecular weight is 290 g/mol. The van der Waals surface area contributed by atoms with Gasteiger partial charge in [-0.1, -0.05) is 13.8 Å². The van der Waals surface area contributed by atoms with Crippen molar-refractivity contribution < 1.29 is 0 Å². The molecule has 21 heavy (non-hydrogen) atoms. The van der Waals surface area contributed by atoms with Crippen molar-refractivity contribution in [3.63, 3.8) is 0 Å². The highest BCUT2D eigenvalue weighted by Crippen LogP contribution is 2.21. The van der Waals surface area contributed by atoms with E-state index < -0.39 is 0 Å². The van der Waals surface area contributed by atoms with Gasteiger partial charge in [0.25, 0.3) is 0 Å². The Hall–Kier alpha value is -1.13. The minimum atomic E-state index is 0.371. The number of rotatable bonds is 7. The number of likely N-dealkylation sites (N-methyl/N-ethyl adjacent to an activating group) is 2. The molecular weight excluding hydrogens is 260 g/mol. The van der Waals surface area contributed by atoms with Crippen molar-refractivity contribution in [2.24, 2.45) is 0 Å². The molecule has 1 saturated heterocycles. The number of nitrogens with one attached hydrogen (secondary N) is 1. The molecule has 0 spiro atoms. The molecule has 0 aliphatic carbocycles. The van der Waals surface area contributed by atoms with Gasteiger partial charge in [-0.05, 0) is 51.5 Å². The van der Waals surface area contributed by atoms with Gasteiger partial charge in [-0.2, -0.15) is 0 Å². The van der Waals surface area contributed by atoms with Crippen LogP contribution in [-0.4, -0.2) is 49.7 Å². The van der Waals surface area contributed by atoms with E-state index in [0.29, 0.717) is 12.1 Å². The molecule has 2 unspecified atom stereocenters. The van der Waals surface area contributed by atoms with E-state index >= 15 is 0 Å². The van der Waals surface area contributed by atoms with Crippen molar-refractivity contribution in [1.29, 1.82) is 0 Å². The van der Waals surface area contributed by atoms with Gasteiger partial charge in [0.2, 0.25) is 0 Å². The zero-order chi connectivity index (χ0) is 15.2. The van der Waals surface area contributed by atoms with Gasteiger partial charge >= 0.3 is 0 Å². The normalized spacial score (nSPS) is 20.7. The summed E-state index contributed by atoms with van der Waals surface area (Å²) in [6.07, 6.45) is 5.73. The largest absolute Gasteiger partial charge is 0.372 e. The van der Waals surface area contributed by atoms with Crippen LogP contribution in [0.3, 0.4) is 0 Å². The molecule has 1 aliphatic rings. The fourth-order valence-corrected chi connectivity index (χ4v) is 3.17. The van der Waals surface area contributed by atoms with Crippen LogP contribution in [0.4, 0.5) is 5.69 Å². The van der Waals surface area contributed by atoms with Crippen LogP contribution in [0, 0.1) is 0 Å². The lowest BCUT2D eigenvalue weighted by atomic mass is 10.1. The standard InChI is InChI=1S/C17H30N4/c1-5-16(18-6-2)17-10-9-14(12-19-17)21(4)13-15-8-7-11-20(15)3/h9-10,12,15-16,18H,5-8,11,13H2,1-4H3. The van der Waals surface area contributed by atoms with Crippen molar-refractivity contribution in [2.45, 2.75) is 45.2 Å².